The average Bonchev–Trinajstić information content (AvgIpc) is 2.89. The maximum atomic E-state index is 11.9. The molecule has 0 aromatic carbocycles. The van der Waals surface area contributed by atoms with E-state index in [1.165, 1.54) is 0 Å². The van der Waals surface area contributed by atoms with Crippen molar-refractivity contribution in [3.05, 3.63) is 0 Å². The molecule has 6 heteroatoms. The van der Waals surface area contributed by atoms with Crippen LogP contribution in [0.2, 0.25) is 0 Å². The largest absolute Gasteiger partial charge is 0.435 e. The Balaban J connectivity index is 1.40. The monoisotopic (exact) mass is 290 g/mol. The molecule has 0 aromatic rings. The lowest BCUT2D eigenvalue weighted by Crippen LogP contribution is -2.63. The van der Waals surface area contributed by atoms with Gasteiger partial charge in [0, 0.05) is 5.92 Å². The molecule has 21 heavy (non-hydrogen) atoms. The highest BCUT2D eigenvalue weighted by Gasteiger charge is 2.81. The quantitative estimate of drug-likeness (QED) is 0.369. The molecule has 2 bridgehead atoms. The highest BCUT2D eigenvalue weighted by Crippen LogP contribution is 2.78. The minimum absolute atomic E-state index is 0.0920. The number of hydrogen-bond acceptors (Lipinski definition) is 6. The molecule has 6 fully saturated rings. The number of aliphatic hydroxyl groups excluding tert-OH is 1. The van der Waals surface area contributed by atoms with E-state index in [0.29, 0.717) is 11.8 Å². The van der Waals surface area contributed by atoms with Gasteiger partial charge in [-0.05, 0) is 41.9 Å². The first-order valence-electron chi connectivity index (χ1n) is 7.73. The van der Waals surface area contributed by atoms with Crippen molar-refractivity contribution in [2.24, 2.45) is 59.2 Å². The van der Waals surface area contributed by atoms with Gasteiger partial charge in [0.15, 0.2) is 0 Å². The molecule has 2 heterocycles. The summed E-state index contributed by atoms with van der Waals surface area (Å²) in [6.45, 7) is 0. The van der Waals surface area contributed by atoms with E-state index in [0.717, 1.165) is 6.42 Å². The molecule has 0 spiro atoms. The van der Waals surface area contributed by atoms with Gasteiger partial charge in [-0.3, -0.25) is 14.4 Å². The molecular weight excluding hydrogens is 276 g/mol. The summed E-state index contributed by atoms with van der Waals surface area (Å²) in [5.74, 6) is -0.159. The summed E-state index contributed by atoms with van der Waals surface area (Å²) in [6, 6.07) is 0. The number of ether oxygens (including phenoxy) is 2. The second-order valence-corrected chi connectivity index (χ2v) is 7.60. The van der Waals surface area contributed by atoms with Gasteiger partial charge in [0.2, 0.25) is 6.29 Å². The SMILES string of the molecule is O=C1OC(=O)C2C1C1C3CC(C21)C1C2C(O)OC(=O)C2C31. The van der Waals surface area contributed by atoms with Crippen molar-refractivity contribution in [1.29, 1.82) is 0 Å². The normalized spacial score (nSPS) is 64.8. The number of fused-ring (bicyclic) bond motifs is 14. The predicted molar refractivity (Wildman–Crippen MR) is 62.7 cm³/mol. The van der Waals surface area contributed by atoms with Crippen LogP contribution in [0.4, 0.5) is 0 Å². The number of carbonyl (C=O) groups excluding carboxylic acids is 3. The fourth-order valence-electron chi connectivity index (χ4n) is 7.14. The molecule has 6 aliphatic rings. The molecule has 110 valence electrons. The second-order valence-electron chi connectivity index (χ2n) is 7.60. The molecule has 0 radical (unpaired) electrons. The Morgan fingerprint density at radius 3 is 2.00 bits per heavy atom. The summed E-state index contributed by atoms with van der Waals surface area (Å²) < 4.78 is 9.81. The molecule has 11 unspecified atom stereocenters. The topological polar surface area (TPSA) is 89.9 Å². The van der Waals surface area contributed by atoms with Crippen LogP contribution in [0.3, 0.4) is 0 Å². The van der Waals surface area contributed by atoms with E-state index in [1.807, 2.05) is 0 Å². The van der Waals surface area contributed by atoms with Gasteiger partial charge >= 0.3 is 17.9 Å². The Bertz CT molecular complexity index is 628. The zero-order chi connectivity index (χ0) is 14.2. The molecule has 1 N–H and O–H groups in total. The summed E-state index contributed by atoms with van der Waals surface area (Å²) in [5, 5.41) is 9.93. The van der Waals surface area contributed by atoms with Gasteiger partial charge in [-0.2, -0.15) is 0 Å². The first-order chi connectivity index (χ1) is 10.1. The van der Waals surface area contributed by atoms with Crippen LogP contribution in [0.15, 0.2) is 0 Å². The average molecular weight is 290 g/mol. The van der Waals surface area contributed by atoms with Crippen molar-refractivity contribution in [1.82, 2.24) is 0 Å². The summed E-state index contributed by atoms with van der Waals surface area (Å²) >= 11 is 0. The summed E-state index contributed by atoms with van der Waals surface area (Å²) in [7, 11) is 0. The van der Waals surface area contributed by atoms with Gasteiger partial charge in [-0.1, -0.05) is 0 Å². The van der Waals surface area contributed by atoms with Crippen LogP contribution in [-0.4, -0.2) is 29.3 Å². The summed E-state index contributed by atoms with van der Waals surface area (Å²) in [6.07, 6.45) is 0.0141. The van der Waals surface area contributed by atoms with Crippen molar-refractivity contribution >= 4 is 17.9 Å². The van der Waals surface area contributed by atoms with Crippen molar-refractivity contribution < 1.29 is 29.0 Å². The smallest absolute Gasteiger partial charge is 0.317 e. The van der Waals surface area contributed by atoms with Crippen molar-refractivity contribution in [3.63, 3.8) is 0 Å². The molecule has 0 aromatic heterocycles. The highest BCUT2D eigenvalue weighted by molar-refractivity contribution is 5.99. The molecular formula is C15H14O6. The number of aliphatic hydroxyl groups is 1. The first-order valence-corrected chi connectivity index (χ1v) is 7.73. The number of hydrogen-bond donors (Lipinski definition) is 1. The Labute approximate surface area is 119 Å². The molecule has 4 aliphatic carbocycles. The Morgan fingerprint density at radius 1 is 0.762 bits per heavy atom. The van der Waals surface area contributed by atoms with Crippen LogP contribution in [-0.2, 0) is 23.9 Å². The minimum Gasteiger partial charge on any atom is -0.435 e. The molecule has 11 atom stereocenters. The molecule has 2 saturated heterocycles. The second kappa shape index (κ2) is 3.02. The number of cyclic esters (lactones) is 3. The molecule has 6 rings (SSSR count). The van der Waals surface area contributed by atoms with Gasteiger partial charge in [0.25, 0.3) is 0 Å². The Kier molecular flexibility index (Phi) is 1.61. The third-order valence-corrected chi connectivity index (χ3v) is 7.48. The van der Waals surface area contributed by atoms with E-state index in [4.69, 9.17) is 9.47 Å². The molecule has 2 aliphatic heterocycles. The third-order valence-electron chi connectivity index (χ3n) is 7.48. The van der Waals surface area contributed by atoms with Gasteiger partial charge in [0.05, 0.1) is 17.8 Å². The van der Waals surface area contributed by atoms with E-state index in [-0.39, 0.29) is 65.3 Å². The maximum absolute atomic E-state index is 11.9. The van der Waals surface area contributed by atoms with Crippen LogP contribution >= 0.6 is 0 Å². The molecule has 4 saturated carbocycles. The van der Waals surface area contributed by atoms with Crippen LogP contribution < -0.4 is 0 Å². The lowest BCUT2D eigenvalue weighted by molar-refractivity contribution is -0.187. The lowest BCUT2D eigenvalue weighted by atomic mass is 9.41. The summed E-state index contributed by atoms with van der Waals surface area (Å²) in [4.78, 5) is 35.6. The zero-order valence-electron chi connectivity index (χ0n) is 11.0. The van der Waals surface area contributed by atoms with Crippen LogP contribution in [0.1, 0.15) is 6.42 Å². The third kappa shape index (κ3) is 0.917. The zero-order valence-corrected chi connectivity index (χ0v) is 11.0. The van der Waals surface area contributed by atoms with E-state index >= 15 is 0 Å². The van der Waals surface area contributed by atoms with Gasteiger partial charge < -0.3 is 14.6 Å². The van der Waals surface area contributed by atoms with Crippen molar-refractivity contribution in [2.45, 2.75) is 12.7 Å². The fourth-order valence-corrected chi connectivity index (χ4v) is 7.14. The number of carbonyl (C=O) groups is 3. The standard InChI is InChI=1S/C15H14O6/c16-12-8-4-2-1-3(6(4)10(8)14(18)20-12)7-5(2)9-11(7)15(19)21-13(9)17/h2-12,16H,1H2. The van der Waals surface area contributed by atoms with Crippen molar-refractivity contribution in [2.75, 3.05) is 0 Å². The Hall–Kier alpha value is -1.43. The Morgan fingerprint density at radius 2 is 1.33 bits per heavy atom. The van der Waals surface area contributed by atoms with Gasteiger partial charge in [0.1, 0.15) is 0 Å². The van der Waals surface area contributed by atoms with E-state index in [1.54, 1.807) is 0 Å². The fraction of sp³-hybridized carbons (Fsp3) is 0.800. The molecule has 6 nitrogen and oxygen atoms in total. The van der Waals surface area contributed by atoms with Crippen LogP contribution in [0, 0.1) is 59.2 Å². The van der Waals surface area contributed by atoms with E-state index in [2.05, 4.69) is 0 Å². The minimum atomic E-state index is -0.977. The number of esters is 3. The van der Waals surface area contributed by atoms with E-state index in [9.17, 15) is 19.5 Å². The van der Waals surface area contributed by atoms with Crippen LogP contribution in [0.5, 0.6) is 0 Å². The maximum Gasteiger partial charge on any atom is 0.317 e. The van der Waals surface area contributed by atoms with E-state index < -0.39 is 6.29 Å². The molecule has 0 amide bonds. The lowest BCUT2D eigenvalue weighted by Gasteiger charge is -2.59. The first kappa shape index (κ1) is 11.2. The summed E-state index contributed by atoms with van der Waals surface area (Å²) in [5.41, 5.74) is 0. The number of rotatable bonds is 0. The predicted octanol–water partition coefficient (Wildman–Crippen LogP) is -0.449. The van der Waals surface area contributed by atoms with Crippen molar-refractivity contribution in [3.8, 4) is 0 Å². The highest BCUT2D eigenvalue weighted by atomic mass is 16.6. The van der Waals surface area contributed by atoms with Gasteiger partial charge in [-0.25, -0.2) is 0 Å². The van der Waals surface area contributed by atoms with Crippen LogP contribution in [0.25, 0.3) is 0 Å². The van der Waals surface area contributed by atoms with Gasteiger partial charge in [-0.15, -0.1) is 0 Å².